The van der Waals surface area contributed by atoms with Crippen molar-refractivity contribution in [3.63, 3.8) is 0 Å². The highest BCUT2D eigenvalue weighted by Crippen LogP contribution is 2.18. The van der Waals surface area contributed by atoms with Crippen molar-refractivity contribution in [2.24, 2.45) is 0 Å². The first-order valence-electron chi connectivity index (χ1n) is 6.44. The van der Waals surface area contributed by atoms with Crippen molar-refractivity contribution in [3.05, 3.63) is 20.3 Å². The van der Waals surface area contributed by atoms with Gasteiger partial charge in [0.25, 0.3) is 5.56 Å². The van der Waals surface area contributed by atoms with E-state index in [1.807, 2.05) is 0 Å². The smallest absolute Gasteiger partial charge is 0.266 e. The maximum atomic E-state index is 11.6. The summed E-state index contributed by atoms with van der Waals surface area (Å²) in [6.45, 7) is 5.12. The Morgan fingerprint density at radius 2 is 2.44 bits per heavy atom. The Bertz CT molecular complexity index is 442. The molecule has 2 rings (SSSR count). The number of aromatic amines is 1. The van der Waals surface area contributed by atoms with Gasteiger partial charge in [-0.2, -0.15) is 0 Å². The summed E-state index contributed by atoms with van der Waals surface area (Å²) in [5.41, 5.74) is -0.0546. The van der Waals surface area contributed by atoms with Gasteiger partial charge in [0.05, 0.1) is 6.33 Å². The molecule has 1 fully saturated rings. The highest BCUT2D eigenvalue weighted by atomic mass is 127. The van der Waals surface area contributed by atoms with Crippen molar-refractivity contribution in [3.8, 4) is 0 Å². The molecule has 6 heteroatoms. The van der Waals surface area contributed by atoms with Crippen LogP contribution >= 0.6 is 22.6 Å². The molecule has 0 aliphatic carbocycles. The van der Waals surface area contributed by atoms with Crippen molar-refractivity contribution >= 4 is 28.4 Å². The van der Waals surface area contributed by atoms with Crippen LogP contribution in [0.25, 0.3) is 0 Å². The SMILES string of the molecule is CCCN(CC1CCCN1)c1nc[nH]c(=O)c1I. The fourth-order valence-corrected chi connectivity index (χ4v) is 2.96. The molecule has 0 saturated carbocycles. The summed E-state index contributed by atoms with van der Waals surface area (Å²) < 4.78 is 0.682. The fourth-order valence-electron chi connectivity index (χ4n) is 2.33. The maximum absolute atomic E-state index is 11.6. The predicted molar refractivity (Wildman–Crippen MR) is 81.1 cm³/mol. The molecule has 5 nitrogen and oxygen atoms in total. The van der Waals surface area contributed by atoms with Gasteiger partial charge in [-0.3, -0.25) is 4.79 Å². The van der Waals surface area contributed by atoms with E-state index in [9.17, 15) is 4.79 Å². The second-order valence-electron chi connectivity index (χ2n) is 4.61. The van der Waals surface area contributed by atoms with Crippen LogP contribution in [0.3, 0.4) is 0 Å². The van der Waals surface area contributed by atoms with Crippen LogP contribution < -0.4 is 15.8 Å². The molecule has 0 bridgehead atoms. The maximum Gasteiger partial charge on any atom is 0.266 e. The molecule has 0 radical (unpaired) electrons. The summed E-state index contributed by atoms with van der Waals surface area (Å²) in [6.07, 6.45) is 4.99. The van der Waals surface area contributed by atoms with Crippen LogP contribution in [0.4, 0.5) is 5.82 Å². The zero-order chi connectivity index (χ0) is 13.0. The van der Waals surface area contributed by atoms with Gasteiger partial charge < -0.3 is 15.2 Å². The zero-order valence-corrected chi connectivity index (χ0v) is 12.7. The summed E-state index contributed by atoms with van der Waals surface area (Å²) in [5.74, 6) is 0.815. The van der Waals surface area contributed by atoms with E-state index >= 15 is 0 Å². The minimum atomic E-state index is -0.0546. The second-order valence-corrected chi connectivity index (χ2v) is 5.69. The predicted octanol–water partition coefficient (Wildman–Crippen LogP) is 1.34. The third kappa shape index (κ3) is 3.23. The molecule has 2 N–H and O–H groups in total. The molecule has 1 aromatic rings. The van der Waals surface area contributed by atoms with E-state index in [4.69, 9.17) is 0 Å². The Morgan fingerprint density at radius 1 is 1.61 bits per heavy atom. The van der Waals surface area contributed by atoms with Gasteiger partial charge in [-0.25, -0.2) is 4.98 Å². The van der Waals surface area contributed by atoms with E-state index < -0.39 is 0 Å². The number of hydrogen-bond donors (Lipinski definition) is 2. The molecule has 1 aliphatic rings. The Kier molecular flexibility index (Phi) is 4.99. The summed E-state index contributed by atoms with van der Waals surface area (Å²) in [4.78, 5) is 20.8. The van der Waals surface area contributed by atoms with Crippen LogP contribution in [0.2, 0.25) is 0 Å². The van der Waals surface area contributed by atoms with Gasteiger partial charge in [-0.05, 0) is 48.4 Å². The average Bonchev–Trinajstić information content (AvgIpc) is 2.85. The quantitative estimate of drug-likeness (QED) is 0.777. The van der Waals surface area contributed by atoms with Crippen LogP contribution in [0.1, 0.15) is 26.2 Å². The lowest BCUT2D eigenvalue weighted by Gasteiger charge is -2.26. The first kappa shape index (κ1) is 13.8. The van der Waals surface area contributed by atoms with E-state index in [1.54, 1.807) is 0 Å². The summed E-state index contributed by atoms with van der Waals surface area (Å²) in [5, 5.41) is 3.49. The number of H-pyrrole nitrogens is 1. The van der Waals surface area contributed by atoms with E-state index in [0.717, 1.165) is 31.9 Å². The topological polar surface area (TPSA) is 61.0 Å². The monoisotopic (exact) mass is 362 g/mol. The number of halogens is 1. The number of hydrogen-bond acceptors (Lipinski definition) is 4. The number of rotatable bonds is 5. The van der Waals surface area contributed by atoms with Crippen LogP contribution in [0.15, 0.2) is 11.1 Å². The van der Waals surface area contributed by atoms with Crippen molar-refractivity contribution in [1.82, 2.24) is 15.3 Å². The van der Waals surface area contributed by atoms with Crippen molar-refractivity contribution in [2.75, 3.05) is 24.5 Å². The summed E-state index contributed by atoms with van der Waals surface area (Å²) in [7, 11) is 0. The average molecular weight is 362 g/mol. The van der Waals surface area contributed by atoms with Gasteiger partial charge in [0, 0.05) is 19.1 Å². The van der Waals surface area contributed by atoms with Gasteiger partial charge in [0.15, 0.2) is 0 Å². The van der Waals surface area contributed by atoms with Gasteiger partial charge in [0.2, 0.25) is 0 Å². The Balaban J connectivity index is 2.17. The van der Waals surface area contributed by atoms with Crippen LogP contribution in [0.5, 0.6) is 0 Å². The largest absolute Gasteiger partial charge is 0.354 e. The highest BCUT2D eigenvalue weighted by molar-refractivity contribution is 14.1. The Morgan fingerprint density at radius 3 is 3.11 bits per heavy atom. The fraction of sp³-hybridized carbons (Fsp3) is 0.667. The van der Waals surface area contributed by atoms with E-state index in [1.165, 1.54) is 19.2 Å². The van der Waals surface area contributed by atoms with Crippen LogP contribution in [-0.4, -0.2) is 35.6 Å². The molecule has 1 unspecified atom stereocenters. The van der Waals surface area contributed by atoms with E-state index in [-0.39, 0.29) is 5.56 Å². The molecule has 2 heterocycles. The lowest BCUT2D eigenvalue weighted by Crippen LogP contribution is -2.39. The van der Waals surface area contributed by atoms with Gasteiger partial charge in [0.1, 0.15) is 9.39 Å². The van der Waals surface area contributed by atoms with Gasteiger partial charge in [-0.15, -0.1) is 0 Å². The normalized spacial score (nSPS) is 19.1. The third-order valence-corrected chi connectivity index (χ3v) is 4.15. The number of aromatic nitrogens is 2. The van der Waals surface area contributed by atoms with Crippen LogP contribution in [-0.2, 0) is 0 Å². The molecule has 0 spiro atoms. The highest BCUT2D eigenvalue weighted by Gasteiger charge is 2.20. The molecular weight excluding hydrogens is 343 g/mol. The molecule has 1 atom stereocenters. The Hall–Kier alpha value is -0.630. The summed E-state index contributed by atoms with van der Waals surface area (Å²) in [6, 6.07) is 0.522. The van der Waals surface area contributed by atoms with Gasteiger partial charge in [-0.1, -0.05) is 6.92 Å². The zero-order valence-electron chi connectivity index (χ0n) is 10.6. The van der Waals surface area contributed by atoms with Crippen LogP contribution in [0, 0.1) is 3.57 Å². The first-order chi connectivity index (χ1) is 8.72. The summed E-state index contributed by atoms with van der Waals surface area (Å²) >= 11 is 2.08. The lowest BCUT2D eigenvalue weighted by atomic mass is 10.2. The standard InChI is InChI=1S/C12H19IN4O/c1-2-6-17(7-9-4-3-5-14-9)11-10(13)12(18)16-8-15-11/h8-9,14H,2-7H2,1H3,(H,15,16,18). The van der Waals surface area contributed by atoms with E-state index in [2.05, 4.69) is 49.7 Å². The molecule has 1 saturated heterocycles. The Labute approximate surface area is 121 Å². The third-order valence-electron chi connectivity index (χ3n) is 3.17. The second kappa shape index (κ2) is 6.51. The van der Waals surface area contributed by atoms with Crippen molar-refractivity contribution in [1.29, 1.82) is 0 Å². The molecule has 100 valence electrons. The van der Waals surface area contributed by atoms with Crippen molar-refractivity contribution < 1.29 is 0 Å². The lowest BCUT2D eigenvalue weighted by molar-refractivity contribution is 0.574. The minimum Gasteiger partial charge on any atom is -0.354 e. The van der Waals surface area contributed by atoms with Crippen molar-refractivity contribution in [2.45, 2.75) is 32.2 Å². The first-order valence-corrected chi connectivity index (χ1v) is 7.51. The molecule has 0 aromatic carbocycles. The number of nitrogens with one attached hydrogen (secondary N) is 2. The molecule has 0 amide bonds. The molecular formula is C12H19IN4O. The van der Waals surface area contributed by atoms with E-state index in [0.29, 0.717) is 9.61 Å². The number of nitrogens with zero attached hydrogens (tertiary/aromatic N) is 2. The minimum absolute atomic E-state index is 0.0546. The number of anilines is 1. The van der Waals surface area contributed by atoms with Gasteiger partial charge >= 0.3 is 0 Å². The molecule has 1 aromatic heterocycles. The molecule has 18 heavy (non-hydrogen) atoms. The molecule has 1 aliphatic heterocycles.